The van der Waals surface area contributed by atoms with Gasteiger partial charge in [0.2, 0.25) is 5.95 Å². The molecule has 0 amide bonds. The first-order valence-electron chi connectivity index (χ1n) is 7.69. The van der Waals surface area contributed by atoms with Crippen LogP contribution in [0.2, 0.25) is 5.02 Å². The van der Waals surface area contributed by atoms with Gasteiger partial charge in [-0.3, -0.25) is 10.2 Å². The molecule has 0 saturated carbocycles. The van der Waals surface area contributed by atoms with Crippen molar-refractivity contribution in [2.24, 2.45) is 5.84 Å². The first-order valence-corrected chi connectivity index (χ1v) is 8.89. The summed E-state index contributed by atoms with van der Waals surface area (Å²) >= 11 is 7.67. The summed E-state index contributed by atoms with van der Waals surface area (Å²) in [5, 5.41) is 1.27. The lowest BCUT2D eigenvalue weighted by Crippen LogP contribution is -3.08. The second kappa shape index (κ2) is 5.86. The van der Waals surface area contributed by atoms with Crippen LogP contribution in [0.1, 0.15) is 10.4 Å². The van der Waals surface area contributed by atoms with Crippen LogP contribution in [0.15, 0.2) is 29.1 Å². The molecule has 4 rings (SSSR count). The Morgan fingerprint density at radius 2 is 2.29 bits per heavy atom. The van der Waals surface area contributed by atoms with Gasteiger partial charge in [0, 0.05) is 11.4 Å². The van der Waals surface area contributed by atoms with Crippen molar-refractivity contribution >= 4 is 39.1 Å². The molecular formula is C16H17ClN5OS+. The van der Waals surface area contributed by atoms with Crippen molar-refractivity contribution in [3.05, 3.63) is 50.1 Å². The zero-order chi connectivity index (χ0) is 16.8. The molecule has 124 valence electrons. The maximum atomic E-state index is 13.2. The van der Waals surface area contributed by atoms with E-state index in [4.69, 9.17) is 17.4 Å². The average molecular weight is 363 g/mol. The normalized spacial score (nSPS) is 17.0. The number of hydrogen-bond donors (Lipinski definition) is 3. The standard InChI is InChI=1S/C16H16ClN5OS/c1-21-6-5-11-12(8-21)24-14-13(11)15(23)22(16(19-14)20-18)10-4-2-3-9(17)7-10/h2-4,7H,5-6,8,18H2,1H3,(H,19,20)/p+1. The van der Waals surface area contributed by atoms with Crippen molar-refractivity contribution in [3.8, 4) is 5.69 Å². The fraction of sp³-hybridized carbons (Fsp3) is 0.250. The quantitative estimate of drug-likeness (QED) is 0.468. The maximum absolute atomic E-state index is 13.2. The molecule has 1 unspecified atom stereocenters. The number of anilines is 1. The third kappa shape index (κ3) is 2.41. The van der Waals surface area contributed by atoms with Gasteiger partial charge in [0.25, 0.3) is 5.56 Å². The van der Waals surface area contributed by atoms with E-state index < -0.39 is 0 Å². The van der Waals surface area contributed by atoms with Crippen LogP contribution in [0, 0.1) is 0 Å². The predicted molar refractivity (Wildman–Crippen MR) is 97.2 cm³/mol. The number of benzene rings is 1. The summed E-state index contributed by atoms with van der Waals surface area (Å²) in [4.78, 5) is 21.2. The summed E-state index contributed by atoms with van der Waals surface area (Å²) in [6, 6.07) is 7.12. The molecular weight excluding hydrogens is 346 g/mol. The molecule has 1 aromatic carbocycles. The van der Waals surface area contributed by atoms with Gasteiger partial charge in [-0.1, -0.05) is 17.7 Å². The van der Waals surface area contributed by atoms with E-state index in [1.807, 2.05) is 6.07 Å². The van der Waals surface area contributed by atoms with E-state index >= 15 is 0 Å². The second-order valence-electron chi connectivity index (χ2n) is 6.02. The topological polar surface area (TPSA) is 77.4 Å². The molecule has 0 aliphatic carbocycles. The highest BCUT2D eigenvalue weighted by Gasteiger charge is 2.25. The van der Waals surface area contributed by atoms with Gasteiger partial charge in [0.15, 0.2) is 0 Å². The monoisotopic (exact) mass is 362 g/mol. The van der Waals surface area contributed by atoms with Gasteiger partial charge in [-0.15, -0.1) is 11.3 Å². The largest absolute Gasteiger partial charge is 0.333 e. The summed E-state index contributed by atoms with van der Waals surface area (Å²) in [5.41, 5.74) is 4.22. The van der Waals surface area contributed by atoms with Gasteiger partial charge in [0.05, 0.1) is 29.5 Å². The Balaban J connectivity index is 2.03. The number of hydrogen-bond acceptors (Lipinski definition) is 5. The molecule has 0 spiro atoms. The van der Waals surface area contributed by atoms with Crippen molar-refractivity contribution in [2.75, 3.05) is 19.0 Å². The van der Waals surface area contributed by atoms with Gasteiger partial charge >= 0.3 is 0 Å². The van der Waals surface area contributed by atoms with Crippen LogP contribution >= 0.6 is 22.9 Å². The van der Waals surface area contributed by atoms with E-state index in [1.54, 1.807) is 29.5 Å². The minimum Gasteiger partial charge on any atom is -0.333 e. The number of fused-ring (bicyclic) bond motifs is 3. The molecule has 0 bridgehead atoms. The molecule has 3 aromatic rings. The molecule has 0 radical (unpaired) electrons. The van der Waals surface area contributed by atoms with E-state index in [0.29, 0.717) is 22.0 Å². The molecule has 1 aliphatic rings. The average Bonchev–Trinajstić information content (AvgIpc) is 2.91. The molecule has 24 heavy (non-hydrogen) atoms. The summed E-state index contributed by atoms with van der Waals surface area (Å²) < 4.78 is 1.49. The first kappa shape index (κ1) is 15.6. The van der Waals surface area contributed by atoms with Gasteiger partial charge < -0.3 is 4.90 Å². The van der Waals surface area contributed by atoms with E-state index in [0.717, 1.165) is 29.9 Å². The Kier molecular flexibility index (Phi) is 3.80. The number of rotatable bonds is 2. The molecule has 0 fully saturated rings. The number of aromatic nitrogens is 2. The van der Waals surface area contributed by atoms with Crippen LogP contribution in [0.5, 0.6) is 0 Å². The number of nitrogens with two attached hydrogens (primary N) is 1. The first-order chi connectivity index (χ1) is 11.6. The lowest BCUT2D eigenvalue weighted by molar-refractivity contribution is -0.895. The molecule has 8 heteroatoms. The van der Waals surface area contributed by atoms with Crippen molar-refractivity contribution in [2.45, 2.75) is 13.0 Å². The highest BCUT2D eigenvalue weighted by atomic mass is 35.5. The number of thiophene rings is 1. The smallest absolute Gasteiger partial charge is 0.268 e. The van der Waals surface area contributed by atoms with E-state index in [2.05, 4.69) is 17.5 Å². The predicted octanol–water partition coefficient (Wildman–Crippen LogP) is 0.957. The molecule has 1 atom stereocenters. The Morgan fingerprint density at radius 3 is 3.04 bits per heavy atom. The Bertz CT molecular complexity index is 996. The number of nitrogens with zero attached hydrogens (tertiary/aromatic N) is 2. The fourth-order valence-electron chi connectivity index (χ4n) is 3.21. The Hall–Kier alpha value is -1.93. The van der Waals surface area contributed by atoms with E-state index in [1.165, 1.54) is 14.3 Å². The zero-order valence-electron chi connectivity index (χ0n) is 13.1. The van der Waals surface area contributed by atoms with Crippen molar-refractivity contribution < 1.29 is 4.90 Å². The van der Waals surface area contributed by atoms with Gasteiger partial charge in [-0.25, -0.2) is 15.4 Å². The van der Waals surface area contributed by atoms with Crippen LogP contribution < -0.4 is 21.7 Å². The van der Waals surface area contributed by atoms with E-state index in [9.17, 15) is 4.79 Å². The molecule has 2 aromatic heterocycles. The minimum atomic E-state index is -0.104. The van der Waals surface area contributed by atoms with Crippen LogP contribution in [-0.2, 0) is 13.0 Å². The van der Waals surface area contributed by atoms with Crippen molar-refractivity contribution in [1.29, 1.82) is 0 Å². The maximum Gasteiger partial charge on any atom is 0.268 e. The highest BCUT2D eigenvalue weighted by molar-refractivity contribution is 7.18. The molecule has 4 N–H and O–H groups in total. The number of nitrogens with one attached hydrogen (secondary N) is 2. The highest BCUT2D eigenvalue weighted by Crippen LogP contribution is 2.30. The van der Waals surface area contributed by atoms with Gasteiger partial charge in [-0.2, -0.15) is 0 Å². The third-order valence-corrected chi connectivity index (χ3v) is 5.73. The number of likely N-dealkylation sites (N-methyl/N-ethyl adjacent to an activating group) is 1. The Labute approximate surface area is 147 Å². The third-order valence-electron chi connectivity index (χ3n) is 4.37. The minimum absolute atomic E-state index is 0.104. The molecule has 1 aliphatic heterocycles. The van der Waals surface area contributed by atoms with Crippen molar-refractivity contribution in [3.63, 3.8) is 0 Å². The fourth-order valence-corrected chi connectivity index (χ4v) is 4.72. The SMILES string of the molecule is C[NH+]1CCc2c(sc3nc(NN)n(-c4cccc(Cl)c4)c(=O)c23)C1. The van der Waals surface area contributed by atoms with Crippen LogP contribution in [0.3, 0.4) is 0 Å². The van der Waals surface area contributed by atoms with Gasteiger partial charge in [-0.05, 0) is 23.8 Å². The molecule has 6 nitrogen and oxygen atoms in total. The Morgan fingerprint density at radius 1 is 1.46 bits per heavy atom. The molecule has 3 heterocycles. The van der Waals surface area contributed by atoms with Crippen molar-refractivity contribution in [1.82, 2.24) is 9.55 Å². The number of nitrogen functional groups attached to an aromatic ring is 1. The number of quaternary nitrogens is 1. The van der Waals surface area contributed by atoms with Gasteiger partial charge in [0.1, 0.15) is 11.4 Å². The number of halogens is 1. The van der Waals surface area contributed by atoms with Crippen LogP contribution in [-0.4, -0.2) is 23.1 Å². The summed E-state index contributed by atoms with van der Waals surface area (Å²) in [7, 11) is 2.16. The zero-order valence-corrected chi connectivity index (χ0v) is 14.7. The van der Waals surface area contributed by atoms with Crippen LogP contribution in [0.25, 0.3) is 15.9 Å². The van der Waals surface area contributed by atoms with Crippen LogP contribution in [0.4, 0.5) is 5.95 Å². The lowest BCUT2D eigenvalue weighted by Gasteiger charge is -2.19. The summed E-state index contributed by atoms with van der Waals surface area (Å²) in [6.45, 7) is 1.95. The lowest BCUT2D eigenvalue weighted by atomic mass is 10.1. The summed E-state index contributed by atoms with van der Waals surface area (Å²) in [6.07, 6.45) is 0.892. The summed E-state index contributed by atoms with van der Waals surface area (Å²) in [5.74, 6) is 5.94. The second-order valence-corrected chi connectivity index (χ2v) is 7.54. The van der Waals surface area contributed by atoms with E-state index in [-0.39, 0.29) is 5.56 Å². The molecule has 0 saturated heterocycles. The number of hydrazine groups is 1.